The highest BCUT2D eigenvalue weighted by Crippen LogP contribution is 2.66. The van der Waals surface area contributed by atoms with Gasteiger partial charge in [-0.05, 0) is 54.9 Å². The number of fused-ring (bicyclic) bond motifs is 2. The first-order chi connectivity index (χ1) is 14.9. The van der Waals surface area contributed by atoms with Crippen molar-refractivity contribution in [3.8, 4) is 11.5 Å². The van der Waals surface area contributed by atoms with Gasteiger partial charge in [0.1, 0.15) is 23.2 Å². The van der Waals surface area contributed by atoms with E-state index in [1.165, 1.54) is 6.42 Å². The second kappa shape index (κ2) is 8.14. The minimum Gasteiger partial charge on any atom is -0.507 e. The largest absolute Gasteiger partial charge is 0.507 e. The molecule has 0 heterocycles. The summed E-state index contributed by atoms with van der Waals surface area (Å²) in [5, 5.41) is 21.1. The Labute approximate surface area is 202 Å². The molecule has 32 heavy (non-hydrogen) atoms. The van der Waals surface area contributed by atoms with Crippen molar-refractivity contribution in [2.75, 3.05) is 11.9 Å². The van der Waals surface area contributed by atoms with E-state index in [-0.39, 0.29) is 39.0 Å². The van der Waals surface area contributed by atoms with Crippen LogP contribution in [-0.2, 0) is 11.3 Å². The lowest BCUT2D eigenvalue weighted by Gasteiger charge is -2.38. The third-order valence-corrected chi connectivity index (χ3v) is 8.87. The van der Waals surface area contributed by atoms with Crippen LogP contribution in [0, 0.1) is 16.7 Å². The molecule has 2 aliphatic carbocycles. The zero-order chi connectivity index (χ0) is 23.4. The highest BCUT2D eigenvalue weighted by atomic mass is 79.9. The van der Waals surface area contributed by atoms with Crippen LogP contribution in [0.1, 0.15) is 56.0 Å². The summed E-state index contributed by atoms with van der Waals surface area (Å²) in [7, 11) is 1.83. The van der Waals surface area contributed by atoms with Gasteiger partial charge in [-0.2, -0.15) is 0 Å². The van der Waals surface area contributed by atoms with Crippen molar-refractivity contribution in [2.45, 2.75) is 52.7 Å². The van der Waals surface area contributed by atoms with E-state index >= 15 is 0 Å². The molecule has 2 aromatic rings. The molecule has 2 bridgehead atoms. The predicted octanol–water partition coefficient (Wildman–Crippen LogP) is 6.52. The second-order valence-electron chi connectivity index (χ2n) is 9.96. The molecule has 7 heteroatoms. The first-order valence-electron chi connectivity index (χ1n) is 10.9. The van der Waals surface area contributed by atoms with E-state index < -0.39 is 5.97 Å². The third-order valence-electron chi connectivity index (χ3n) is 8.12. The summed E-state index contributed by atoms with van der Waals surface area (Å²) in [5.41, 5.74) is 1.62. The summed E-state index contributed by atoms with van der Waals surface area (Å²) < 4.78 is 6.69. The fourth-order valence-corrected chi connectivity index (χ4v) is 6.39. The Balaban J connectivity index is 1.48. The van der Waals surface area contributed by atoms with Crippen molar-refractivity contribution in [1.82, 2.24) is 0 Å². The van der Waals surface area contributed by atoms with Gasteiger partial charge >= 0.3 is 5.97 Å². The van der Waals surface area contributed by atoms with Crippen molar-refractivity contribution < 1.29 is 19.7 Å². The number of nitrogens with zero attached hydrogens (tertiary/aromatic N) is 1. The van der Waals surface area contributed by atoms with E-state index in [1.807, 2.05) is 11.9 Å². The summed E-state index contributed by atoms with van der Waals surface area (Å²) in [4.78, 5) is 14.7. The Hall–Kier alpha value is -1.92. The van der Waals surface area contributed by atoms with E-state index in [2.05, 4.69) is 36.7 Å². The number of benzene rings is 2. The fourth-order valence-electron chi connectivity index (χ4n) is 5.52. The summed E-state index contributed by atoms with van der Waals surface area (Å²) in [6, 6.07) is 8.32. The van der Waals surface area contributed by atoms with Crippen LogP contribution in [0.2, 0.25) is 5.02 Å². The number of phenols is 2. The molecule has 172 valence electrons. The standard InChI is InChI=1S/C25H29BrClNO4/c1-24(2)15-7-8-25(24,3)21(10-15)32-23(31)18-6-5-17(12-20(18)29)28(4)13-14-9-16(26)11-19(27)22(14)30/h5-6,9,11-12,15,21,29-30H,7-8,10,13H2,1-4H3. The van der Waals surface area contributed by atoms with Gasteiger partial charge in [0.25, 0.3) is 0 Å². The summed E-state index contributed by atoms with van der Waals surface area (Å²) in [6.07, 6.45) is 3.00. The zero-order valence-corrected chi connectivity index (χ0v) is 21.1. The van der Waals surface area contributed by atoms with Crippen molar-refractivity contribution in [3.05, 3.63) is 51.0 Å². The molecule has 0 saturated heterocycles. The van der Waals surface area contributed by atoms with Gasteiger partial charge in [0.05, 0.1) is 5.02 Å². The van der Waals surface area contributed by atoms with Crippen LogP contribution in [0.15, 0.2) is 34.8 Å². The Morgan fingerprint density at radius 3 is 2.56 bits per heavy atom. The van der Waals surface area contributed by atoms with Gasteiger partial charge in [0, 0.05) is 40.8 Å². The average molecular weight is 523 g/mol. The summed E-state index contributed by atoms with van der Waals surface area (Å²) in [5.74, 6) is -0.0163. The van der Waals surface area contributed by atoms with E-state index in [0.29, 0.717) is 23.7 Å². The molecule has 2 N–H and O–H groups in total. The highest BCUT2D eigenvalue weighted by molar-refractivity contribution is 9.10. The molecule has 0 aromatic heterocycles. The zero-order valence-electron chi connectivity index (χ0n) is 18.8. The number of carbonyl (C=O) groups excluding carboxylic acids is 1. The van der Waals surface area contributed by atoms with Gasteiger partial charge < -0.3 is 19.8 Å². The van der Waals surface area contributed by atoms with Crippen LogP contribution >= 0.6 is 27.5 Å². The Morgan fingerprint density at radius 2 is 1.97 bits per heavy atom. The van der Waals surface area contributed by atoms with Crippen LogP contribution in [0.4, 0.5) is 5.69 Å². The normalized spacial score (nSPS) is 25.7. The van der Waals surface area contributed by atoms with Gasteiger partial charge in [-0.25, -0.2) is 4.79 Å². The first-order valence-corrected chi connectivity index (χ1v) is 12.0. The van der Waals surface area contributed by atoms with Gasteiger partial charge in [-0.15, -0.1) is 0 Å². The van der Waals surface area contributed by atoms with E-state index in [1.54, 1.807) is 30.3 Å². The molecule has 3 atom stereocenters. The molecule has 0 amide bonds. The maximum absolute atomic E-state index is 12.9. The quantitative estimate of drug-likeness (QED) is 0.437. The molecule has 0 spiro atoms. The van der Waals surface area contributed by atoms with Crippen LogP contribution in [0.5, 0.6) is 11.5 Å². The number of hydrogen-bond acceptors (Lipinski definition) is 5. The average Bonchev–Trinajstić information content (AvgIpc) is 3.05. The second-order valence-corrected chi connectivity index (χ2v) is 11.3. The van der Waals surface area contributed by atoms with Crippen LogP contribution < -0.4 is 4.90 Å². The number of hydrogen-bond donors (Lipinski definition) is 2. The monoisotopic (exact) mass is 521 g/mol. The van der Waals surface area contributed by atoms with Crippen LogP contribution in [-0.4, -0.2) is 29.3 Å². The number of rotatable bonds is 5. The lowest BCUT2D eigenvalue weighted by Crippen LogP contribution is -2.38. The number of esters is 1. The molecular formula is C25H29BrClNO4. The van der Waals surface area contributed by atoms with E-state index in [9.17, 15) is 15.0 Å². The number of halogens is 2. The summed E-state index contributed by atoms with van der Waals surface area (Å²) >= 11 is 9.44. The number of anilines is 1. The molecule has 4 rings (SSSR count). The van der Waals surface area contributed by atoms with Crippen molar-refractivity contribution >= 4 is 39.2 Å². The van der Waals surface area contributed by atoms with E-state index in [0.717, 1.165) is 17.3 Å². The molecule has 2 aromatic carbocycles. The first kappa shape index (κ1) is 23.2. The van der Waals surface area contributed by atoms with Gasteiger partial charge in [-0.3, -0.25) is 0 Å². The van der Waals surface area contributed by atoms with Crippen molar-refractivity contribution in [2.24, 2.45) is 16.7 Å². The van der Waals surface area contributed by atoms with Gasteiger partial charge in [0.2, 0.25) is 0 Å². The molecule has 2 fully saturated rings. The fraction of sp³-hybridized carbons (Fsp3) is 0.480. The van der Waals surface area contributed by atoms with Crippen molar-refractivity contribution in [1.29, 1.82) is 0 Å². The van der Waals surface area contributed by atoms with Gasteiger partial charge in [-0.1, -0.05) is 48.3 Å². The predicted molar refractivity (Wildman–Crippen MR) is 129 cm³/mol. The number of ether oxygens (including phenoxy) is 1. The topological polar surface area (TPSA) is 70.0 Å². The maximum Gasteiger partial charge on any atom is 0.342 e. The van der Waals surface area contributed by atoms with Gasteiger partial charge in [0.15, 0.2) is 0 Å². The van der Waals surface area contributed by atoms with Crippen molar-refractivity contribution in [3.63, 3.8) is 0 Å². The Kier molecular flexibility index (Phi) is 5.91. The molecule has 0 radical (unpaired) electrons. The highest BCUT2D eigenvalue weighted by Gasteiger charge is 2.62. The number of carbonyl (C=O) groups is 1. The number of phenolic OH excluding ortho intramolecular Hbond substituents is 2. The number of aromatic hydroxyl groups is 2. The molecule has 5 nitrogen and oxygen atoms in total. The Bertz CT molecular complexity index is 1070. The minimum absolute atomic E-state index is 0.0217. The molecule has 0 aliphatic heterocycles. The van der Waals surface area contributed by atoms with Crippen LogP contribution in [0.25, 0.3) is 0 Å². The lowest BCUT2D eigenvalue weighted by molar-refractivity contribution is -0.0244. The summed E-state index contributed by atoms with van der Waals surface area (Å²) in [6.45, 7) is 7.14. The van der Waals surface area contributed by atoms with Crippen LogP contribution in [0.3, 0.4) is 0 Å². The Morgan fingerprint density at radius 1 is 1.25 bits per heavy atom. The van der Waals surface area contributed by atoms with E-state index in [4.69, 9.17) is 16.3 Å². The molecule has 3 unspecified atom stereocenters. The molecular weight excluding hydrogens is 494 g/mol. The SMILES string of the molecule is CN(Cc1cc(Br)cc(Cl)c1O)c1ccc(C(=O)OC2CC3CCC2(C)C3(C)C)c(O)c1. The molecule has 2 saturated carbocycles. The third kappa shape index (κ3) is 3.75. The smallest absolute Gasteiger partial charge is 0.342 e. The maximum atomic E-state index is 12.9. The lowest BCUT2D eigenvalue weighted by atomic mass is 9.70. The molecule has 2 aliphatic rings. The minimum atomic E-state index is -0.484.